The lowest BCUT2D eigenvalue weighted by Crippen LogP contribution is -2.66. The number of nitrogens with one attached hydrogen (secondary N) is 1. The van der Waals surface area contributed by atoms with Gasteiger partial charge in [-0.2, -0.15) is 0 Å². The molecule has 65 heavy (non-hydrogen) atoms. The van der Waals surface area contributed by atoms with E-state index in [4.69, 9.17) is 42.7 Å². The monoisotopic (exact) mass is 937 g/mol. The van der Waals surface area contributed by atoms with Crippen LogP contribution < -0.4 is 5.32 Å². The van der Waals surface area contributed by atoms with E-state index in [-0.39, 0.29) is 13.0 Å². The smallest absolute Gasteiger partial charge is 0.206 e. The SMILES string of the molecule is CC.CC.CC.CC.CN(C)Cc1ccccc1.CNC=O.COC(C)(C)C1OC(CC2OCCO2)[C@@H](OC(C)(C)COC(C)(C)C2OC(C=O)[C@@H](OC(C)(C)C)C(O)C2O)C(O)C1O. The highest BCUT2D eigenvalue weighted by Gasteiger charge is 2.54. The van der Waals surface area contributed by atoms with Gasteiger partial charge >= 0.3 is 0 Å². The molecule has 3 aliphatic rings. The highest BCUT2D eigenvalue weighted by Crippen LogP contribution is 2.37. The van der Waals surface area contributed by atoms with E-state index in [0.29, 0.717) is 25.9 Å². The van der Waals surface area contributed by atoms with Gasteiger partial charge in [0, 0.05) is 27.1 Å². The molecule has 8 unspecified atom stereocenters. The number of carbonyl (C=O) groups excluding carboxylic acids is 2. The van der Waals surface area contributed by atoms with Gasteiger partial charge in [-0.1, -0.05) is 85.7 Å². The number of rotatable bonds is 15. The molecule has 3 saturated heterocycles. The number of aliphatic hydroxyl groups excluding tert-OH is 4. The predicted molar refractivity (Wildman–Crippen MR) is 257 cm³/mol. The zero-order chi connectivity index (χ0) is 51.4. The minimum absolute atomic E-state index is 0.0498. The van der Waals surface area contributed by atoms with Gasteiger partial charge in [0.05, 0.1) is 48.3 Å². The maximum atomic E-state index is 11.9. The van der Waals surface area contributed by atoms with Crippen LogP contribution in [0.2, 0.25) is 0 Å². The Kier molecular flexibility index (Phi) is 35.3. The number of carbonyl (C=O) groups is 2. The fourth-order valence-corrected chi connectivity index (χ4v) is 6.62. The topological polar surface area (TPSA) is 204 Å². The predicted octanol–water partition coefficient (Wildman–Crippen LogP) is 5.71. The van der Waals surface area contributed by atoms with Gasteiger partial charge in [0.2, 0.25) is 6.41 Å². The van der Waals surface area contributed by atoms with Gasteiger partial charge in [0.15, 0.2) is 12.6 Å². The van der Waals surface area contributed by atoms with Crippen molar-refractivity contribution in [2.45, 2.75) is 220 Å². The summed E-state index contributed by atoms with van der Waals surface area (Å²) in [5.74, 6) is 0. The van der Waals surface area contributed by atoms with Crippen LogP contribution in [0.4, 0.5) is 0 Å². The second-order valence-corrected chi connectivity index (χ2v) is 17.5. The third-order valence-corrected chi connectivity index (χ3v) is 9.65. The van der Waals surface area contributed by atoms with Gasteiger partial charge in [0.1, 0.15) is 54.9 Å². The summed E-state index contributed by atoms with van der Waals surface area (Å²) < 4.78 is 47.4. The molecule has 0 spiro atoms. The summed E-state index contributed by atoms with van der Waals surface area (Å²) in [6, 6.07) is 10.5. The lowest BCUT2D eigenvalue weighted by molar-refractivity contribution is -0.305. The molecular formula is C49H96N2O14. The van der Waals surface area contributed by atoms with Crippen molar-refractivity contribution < 1.29 is 67.9 Å². The number of aliphatic hydroxyl groups is 4. The molecule has 4 rings (SSSR count). The molecule has 0 bridgehead atoms. The van der Waals surface area contributed by atoms with E-state index in [2.05, 4.69) is 48.6 Å². The molecule has 10 atom stereocenters. The number of nitrogens with zero attached hydrogens (tertiary/aromatic N) is 1. The number of amides is 1. The van der Waals surface area contributed by atoms with Crippen molar-refractivity contribution in [1.29, 1.82) is 0 Å². The quantitative estimate of drug-likeness (QED) is 0.134. The highest BCUT2D eigenvalue weighted by molar-refractivity contribution is 5.58. The van der Waals surface area contributed by atoms with Crippen molar-refractivity contribution in [3.05, 3.63) is 35.9 Å². The summed E-state index contributed by atoms with van der Waals surface area (Å²) in [6.45, 7) is 33.6. The molecule has 0 aliphatic carbocycles. The van der Waals surface area contributed by atoms with Crippen molar-refractivity contribution >= 4 is 12.7 Å². The molecule has 16 heteroatoms. The maximum absolute atomic E-state index is 11.9. The van der Waals surface area contributed by atoms with Crippen LogP contribution in [0.25, 0.3) is 0 Å². The molecule has 1 amide bonds. The van der Waals surface area contributed by atoms with Crippen LogP contribution in [0, 0.1) is 0 Å². The first-order chi connectivity index (χ1) is 30.4. The number of benzene rings is 1. The van der Waals surface area contributed by atoms with Crippen LogP contribution in [0.3, 0.4) is 0 Å². The number of hydrogen-bond donors (Lipinski definition) is 5. The largest absolute Gasteiger partial charge is 0.387 e. The third kappa shape index (κ3) is 24.1. The molecule has 386 valence electrons. The normalized spacial score (nSPS) is 26.8. The summed E-state index contributed by atoms with van der Waals surface area (Å²) in [4.78, 5) is 23.1. The van der Waals surface area contributed by atoms with E-state index in [9.17, 15) is 25.2 Å². The zero-order valence-electron chi connectivity index (χ0n) is 44.2. The fraction of sp³-hybridized carbons (Fsp3) is 0.837. The summed E-state index contributed by atoms with van der Waals surface area (Å²) in [5.41, 5.74) is -2.48. The molecule has 5 N–H and O–H groups in total. The number of methoxy groups -OCH3 is 1. The van der Waals surface area contributed by atoms with Crippen LogP contribution in [0.1, 0.15) is 130 Å². The first-order valence-electron chi connectivity index (χ1n) is 23.5. The van der Waals surface area contributed by atoms with Crippen LogP contribution in [-0.4, -0.2) is 176 Å². The molecule has 1 aromatic carbocycles. The number of aldehydes is 1. The molecule has 16 nitrogen and oxygen atoms in total. The van der Waals surface area contributed by atoms with Gasteiger partial charge < -0.3 is 73.3 Å². The van der Waals surface area contributed by atoms with Gasteiger partial charge in [-0.05, 0) is 82.0 Å². The standard InChI is InChI=1S/C30H54O13.C9H13N.C2H5NO.4C2H6/c1-27(2,3)42-24-17(14-31)41-26(22(35)20(24)33)30(8,9)39-15-28(4,5)43-23-16(13-18-37-11-12-38-18)40-25(21(34)19(23)32)29(6,7)36-10;1-10(2)8-9-6-4-3-5-7-9;1-3-2-4;4*1-2/h14,16-26,32-35H,11-13,15H2,1-10H3;3-7H,8H2,1-2H3;2H,1H3,(H,3,4);4*1-2H3/t16?,17?,19?,20?,21?,22?,23-,24-,25?,26?;;;;;;/m1....../s1. The van der Waals surface area contributed by atoms with E-state index >= 15 is 0 Å². The molecule has 3 aliphatic heterocycles. The summed E-state index contributed by atoms with van der Waals surface area (Å²) >= 11 is 0. The summed E-state index contributed by atoms with van der Waals surface area (Å²) in [6.07, 6.45) is -10.4. The summed E-state index contributed by atoms with van der Waals surface area (Å²) in [7, 11) is 7.22. The van der Waals surface area contributed by atoms with E-state index in [1.165, 1.54) is 12.7 Å². The van der Waals surface area contributed by atoms with Crippen LogP contribution >= 0.6 is 0 Å². The minimum atomic E-state index is -1.41. The van der Waals surface area contributed by atoms with E-state index < -0.39 is 89.7 Å². The average molecular weight is 937 g/mol. The Labute approximate surface area is 394 Å². The highest BCUT2D eigenvalue weighted by atomic mass is 16.7. The second-order valence-electron chi connectivity index (χ2n) is 17.5. The first-order valence-corrected chi connectivity index (χ1v) is 23.5. The Morgan fingerprint density at radius 2 is 1.17 bits per heavy atom. The third-order valence-electron chi connectivity index (χ3n) is 9.65. The van der Waals surface area contributed by atoms with E-state index in [1.54, 1.807) is 69.4 Å². The van der Waals surface area contributed by atoms with Gasteiger partial charge in [0.25, 0.3) is 0 Å². The van der Waals surface area contributed by atoms with E-state index in [1.807, 2.05) is 61.5 Å². The summed E-state index contributed by atoms with van der Waals surface area (Å²) in [5, 5.41) is 46.4. The molecular weight excluding hydrogens is 841 g/mol. The van der Waals surface area contributed by atoms with Crippen LogP contribution in [0.15, 0.2) is 30.3 Å². The maximum Gasteiger partial charge on any atom is 0.206 e. The molecule has 3 heterocycles. The minimum Gasteiger partial charge on any atom is -0.387 e. The zero-order valence-corrected chi connectivity index (χ0v) is 44.2. The van der Waals surface area contributed by atoms with Gasteiger partial charge in [-0.25, -0.2) is 0 Å². The lowest BCUT2D eigenvalue weighted by Gasteiger charge is -2.50. The Balaban J connectivity index is -0.00000145. The van der Waals surface area contributed by atoms with Crippen LogP contribution in [0.5, 0.6) is 0 Å². The van der Waals surface area contributed by atoms with E-state index in [0.717, 1.165) is 6.54 Å². The molecule has 1 aromatic rings. The van der Waals surface area contributed by atoms with Gasteiger partial charge in [-0.3, -0.25) is 4.79 Å². The van der Waals surface area contributed by atoms with Crippen molar-refractivity contribution in [2.75, 3.05) is 48.1 Å². The van der Waals surface area contributed by atoms with Gasteiger partial charge in [-0.15, -0.1) is 0 Å². The van der Waals surface area contributed by atoms with Crippen LogP contribution in [-0.2, 0) is 54.0 Å². The lowest BCUT2D eigenvalue weighted by atomic mass is 9.85. The van der Waals surface area contributed by atoms with Crippen molar-refractivity contribution in [3.8, 4) is 0 Å². The Morgan fingerprint density at radius 3 is 1.58 bits per heavy atom. The number of ether oxygens (including phenoxy) is 8. The Hall–Kier alpha value is -2.16. The average Bonchev–Trinajstić information content (AvgIpc) is 3.80. The molecule has 3 fully saturated rings. The Morgan fingerprint density at radius 1 is 0.708 bits per heavy atom. The Bertz CT molecular complexity index is 1310. The fourth-order valence-electron chi connectivity index (χ4n) is 6.62. The van der Waals surface area contributed by atoms with Crippen molar-refractivity contribution in [2.24, 2.45) is 0 Å². The van der Waals surface area contributed by atoms with Crippen molar-refractivity contribution in [1.82, 2.24) is 10.2 Å². The second kappa shape index (κ2) is 34.2. The molecule has 0 radical (unpaired) electrons. The molecule has 0 saturated carbocycles. The molecule has 0 aromatic heterocycles. The first kappa shape index (κ1) is 67.1. The number of hydrogen-bond acceptors (Lipinski definition) is 15. The van der Waals surface area contributed by atoms with Crippen molar-refractivity contribution in [3.63, 3.8) is 0 Å².